The third-order valence-electron chi connectivity index (χ3n) is 4.02. The first-order valence-electron chi connectivity index (χ1n) is 8.05. The highest BCUT2D eigenvalue weighted by Gasteiger charge is 2.15. The van der Waals surface area contributed by atoms with Crippen LogP contribution in [0.3, 0.4) is 0 Å². The fraction of sp³-hybridized carbons (Fsp3) is 0.158. The van der Waals surface area contributed by atoms with E-state index in [0.29, 0.717) is 11.6 Å². The standard InChI is InChI=1S/C19H19N3O3S/c1-14-15(2)20-12-10-16(14)13-22-26(23,24)18-8-6-17(7-9-18)25-19-5-3-4-11-21-19/h3-12,22H,13H2,1-2H3. The van der Waals surface area contributed by atoms with Gasteiger partial charge in [0.2, 0.25) is 15.9 Å². The zero-order valence-electron chi connectivity index (χ0n) is 14.5. The van der Waals surface area contributed by atoms with Crippen LogP contribution in [-0.4, -0.2) is 18.4 Å². The summed E-state index contributed by atoms with van der Waals surface area (Å²) in [5, 5.41) is 0. The molecule has 0 spiro atoms. The molecule has 6 nitrogen and oxygen atoms in total. The molecule has 7 heteroatoms. The third-order valence-corrected chi connectivity index (χ3v) is 5.43. The second kappa shape index (κ2) is 7.63. The summed E-state index contributed by atoms with van der Waals surface area (Å²) in [7, 11) is -3.62. The molecule has 1 N–H and O–H groups in total. The highest BCUT2D eigenvalue weighted by atomic mass is 32.2. The van der Waals surface area contributed by atoms with Crippen LogP contribution in [0.2, 0.25) is 0 Å². The molecule has 0 bridgehead atoms. The SMILES string of the molecule is Cc1nccc(CNS(=O)(=O)c2ccc(Oc3ccccn3)cc2)c1C. The van der Waals surface area contributed by atoms with E-state index in [1.165, 1.54) is 12.1 Å². The summed E-state index contributed by atoms with van der Waals surface area (Å²) in [6.45, 7) is 4.03. The summed E-state index contributed by atoms with van der Waals surface area (Å²) < 4.78 is 33.2. The molecule has 134 valence electrons. The van der Waals surface area contributed by atoms with Crippen LogP contribution < -0.4 is 9.46 Å². The molecular weight excluding hydrogens is 350 g/mol. The van der Waals surface area contributed by atoms with Crippen molar-refractivity contribution in [3.63, 3.8) is 0 Å². The summed E-state index contributed by atoms with van der Waals surface area (Å²) >= 11 is 0. The number of pyridine rings is 2. The molecule has 2 heterocycles. The van der Waals surface area contributed by atoms with Crippen LogP contribution in [0.25, 0.3) is 0 Å². The van der Waals surface area contributed by atoms with Crippen molar-refractivity contribution in [3.8, 4) is 11.6 Å². The van der Waals surface area contributed by atoms with Gasteiger partial charge in [0.15, 0.2) is 0 Å². The average molecular weight is 369 g/mol. The lowest BCUT2D eigenvalue weighted by atomic mass is 10.1. The molecule has 0 aliphatic rings. The normalized spacial score (nSPS) is 11.3. The van der Waals surface area contributed by atoms with Crippen LogP contribution in [0.1, 0.15) is 16.8 Å². The van der Waals surface area contributed by atoms with Gasteiger partial charge < -0.3 is 4.74 Å². The fourth-order valence-corrected chi connectivity index (χ4v) is 3.36. The van der Waals surface area contributed by atoms with Crippen molar-refractivity contribution in [1.29, 1.82) is 0 Å². The van der Waals surface area contributed by atoms with Gasteiger partial charge in [-0.2, -0.15) is 0 Å². The van der Waals surface area contributed by atoms with Gasteiger partial charge in [0.1, 0.15) is 5.75 Å². The van der Waals surface area contributed by atoms with E-state index in [2.05, 4.69) is 14.7 Å². The van der Waals surface area contributed by atoms with Crippen molar-refractivity contribution >= 4 is 10.0 Å². The number of rotatable bonds is 6. The van der Waals surface area contributed by atoms with E-state index in [4.69, 9.17) is 4.74 Å². The maximum Gasteiger partial charge on any atom is 0.240 e. The highest BCUT2D eigenvalue weighted by Crippen LogP contribution is 2.21. The van der Waals surface area contributed by atoms with Crippen LogP contribution in [0.15, 0.2) is 65.8 Å². The van der Waals surface area contributed by atoms with Crippen LogP contribution in [-0.2, 0) is 16.6 Å². The topological polar surface area (TPSA) is 81.2 Å². The zero-order valence-corrected chi connectivity index (χ0v) is 15.3. The predicted octanol–water partition coefficient (Wildman–Crippen LogP) is 3.36. The van der Waals surface area contributed by atoms with Crippen molar-refractivity contribution < 1.29 is 13.2 Å². The minimum Gasteiger partial charge on any atom is -0.439 e. The van der Waals surface area contributed by atoms with Gasteiger partial charge in [-0.15, -0.1) is 0 Å². The van der Waals surface area contributed by atoms with Crippen molar-refractivity contribution in [3.05, 3.63) is 77.7 Å². The van der Waals surface area contributed by atoms with Gasteiger partial charge in [-0.3, -0.25) is 4.98 Å². The largest absolute Gasteiger partial charge is 0.439 e. The highest BCUT2D eigenvalue weighted by molar-refractivity contribution is 7.89. The Morgan fingerprint density at radius 3 is 2.42 bits per heavy atom. The molecule has 0 atom stereocenters. The molecule has 3 aromatic rings. The van der Waals surface area contributed by atoms with E-state index in [1.807, 2.05) is 26.0 Å². The zero-order chi connectivity index (χ0) is 18.6. The van der Waals surface area contributed by atoms with Gasteiger partial charge >= 0.3 is 0 Å². The number of hydrogen-bond acceptors (Lipinski definition) is 5. The maximum atomic E-state index is 12.5. The number of nitrogens with one attached hydrogen (secondary N) is 1. The van der Waals surface area contributed by atoms with Crippen LogP contribution in [0.4, 0.5) is 0 Å². The van der Waals surface area contributed by atoms with Crippen molar-refractivity contribution in [2.45, 2.75) is 25.3 Å². The van der Waals surface area contributed by atoms with E-state index in [1.54, 1.807) is 36.7 Å². The molecular formula is C19H19N3O3S. The van der Waals surface area contributed by atoms with E-state index in [0.717, 1.165) is 16.8 Å². The Labute approximate surface area is 153 Å². The first-order chi connectivity index (χ1) is 12.5. The Hall–Kier alpha value is -2.77. The number of hydrogen-bond donors (Lipinski definition) is 1. The van der Waals surface area contributed by atoms with E-state index in [-0.39, 0.29) is 11.4 Å². The summed E-state index contributed by atoms with van der Waals surface area (Å²) in [5.74, 6) is 0.966. The Morgan fingerprint density at radius 1 is 0.962 bits per heavy atom. The fourth-order valence-electron chi connectivity index (χ4n) is 2.36. The third kappa shape index (κ3) is 4.25. The molecule has 2 aromatic heterocycles. The van der Waals surface area contributed by atoms with Gasteiger partial charge in [0.25, 0.3) is 0 Å². The van der Waals surface area contributed by atoms with Gasteiger partial charge in [0.05, 0.1) is 4.90 Å². The number of sulfonamides is 1. The Bertz CT molecular complexity index is 988. The van der Waals surface area contributed by atoms with E-state index < -0.39 is 10.0 Å². The number of aryl methyl sites for hydroxylation is 1. The molecule has 0 radical (unpaired) electrons. The molecule has 0 amide bonds. The Morgan fingerprint density at radius 2 is 1.73 bits per heavy atom. The summed E-state index contributed by atoms with van der Waals surface area (Å²) in [5.41, 5.74) is 2.77. The Balaban J connectivity index is 1.70. The molecule has 0 unspecified atom stereocenters. The maximum absolute atomic E-state index is 12.5. The van der Waals surface area contributed by atoms with Gasteiger partial charge in [-0.05, 0) is 61.4 Å². The summed E-state index contributed by atoms with van der Waals surface area (Å²) in [4.78, 5) is 8.43. The minimum atomic E-state index is -3.62. The van der Waals surface area contributed by atoms with Crippen LogP contribution in [0, 0.1) is 13.8 Å². The predicted molar refractivity (Wildman–Crippen MR) is 98.5 cm³/mol. The van der Waals surface area contributed by atoms with Crippen LogP contribution in [0.5, 0.6) is 11.6 Å². The first kappa shape index (κ1) is 18.0. The van der Waals surface area contributed by atoms with Gasteiger partial charge in [-0.1, -0.05) is 6.07 Å². The number of ether oxygens (including phenoxy) is 1. The van der Waals surface area contributed by atoms with Gasteiger partial charge in [0, 0.05) is 30.7 Å². The molecule has 0 aliphatic heterocycles. The molecule has 0 saturated heterocycles. The molecule has 3 rings (SSSR count). The lowest BCUT2D eigenvalue weighted by Crippen LogP contribution is -2.23. The average Bonchev–Trinajstić information content (AvgIpc) is 2.64. The lowest BCUT2D eigenvalue weighted by molar-refractivity contribution is 0.462. The van der Waals surface area contributed by atoms with E-state index in [9.17, 15) is 8.42 Å². The smallest absolute Gasteiger partial charge is 0.240 e. The lowest BCUT2D eigenvalue weighted by Gasteiger charge is -2.11. The second-order valence-corrected chi connectivity index (χ2v) is 7.51. The summed E-state index contributed by atoms with van der Waals surface area (Å²) in [6.07, 6.45) is 3.30. The van der Waals surface area contributed by atoms with Gasteiger partial charge in [-0.25, -0.2) is 18.1 Å². The second-order valence-electron chi connectivity index (χ2n) is 5.75. The number of nitrogens with zero attached hydrogens (tertiary/aromatic N) is 2. The first-order valence-corrected chi connectivity index (χ1v) is 9.54. The number of benzene rings is 1. The summed E-state index contributed by atoms with van der Waals surface area (Å²) in [6, 6.07) is 13.4. The Kier molecular flexibility index (Phi) is 5.29. The molecule has 0 aliphatic carbocycles. The number of aromatic nitrogens is 2. The molecule has 1 aromatic carbocycles. The van der Waals surface area contributed by atoms with Crippen LogP contribution >= 0.6 is 0 Å². The van der Waals surface area contributed by atoms with Crippen molar-refractivity contribution in [2.75, 3.05) is 0 Å². The van der Waals surface area contributed by atoms with Crippen molar-refractivity contribution in [1.82, 2.24) is 14.7 Å². The molecule has 0 saturated carbocycles. The molecule has 26 heavy (non-hydrogen) atoms. The quantitative estimate of drug-likeness (QED) is 0.720. The minimum absolute atomic E-state index is 0.175. The molecule has 0 fully saturated rings. The van der Waals surface area contributed by atoms with E-state index >= 15 is 0 Å². The monoisotopic (exact) mass is 369 g/mol. The van der Waals surface area contributed by atoms with Crippen molar-refractivity contribution in [2.24, 2.45) is 0 Å².